The van der Waals surface area contributed by atoms with E-state index in [4.69, 9.17) is 5.11 Å². The minimum atomic E-state index is -3.69. The molecule has 0 aliphatic heterocycles. The van der Waals surface area contributed by atoms with E-state index in [1.807, 2.05) is 0 Å². The Balaban J connectivity index is 2.18. The van der Waals surface area contributed by atoms with Crippen molar-refractivity contribution in [1.29, 1.82) is 0 Å². The van der Waals surface area contributed by atoms with Gasteiger partial charge in [0.2, 0.25) is 10.0 Å². The summed E-state index contributed by atoms with van der Waals surface area (Å²) >= 11 is 0. The lowest BCUT2D eigenvalue weighted by molar-refractivity contribution is 0.212. The van der Waals surface area contributed by atoms with E-state index in [2.05, 4.69) is 18.6 Å². The predicted octanol–water partition coefficient (Wildman–Crippen LogP) is 2.57. The molecule has 1 fully saturated rings. The van der Waals surface area contributed by atoms with Crippen LogP contribution in [0.2, 0.25) is 0 Å². The Morgan fingerprint density at radius 3 is 2.76 bits per heavy atom. The second kappa shape index (κ2) is 6.02. The average Bonchev–Trinajstić information content (AvgIpc) is 2.37. The summed E-state index contributed by atoms with van der Waals surface area (Å²) in [6, 6.07) is 3.39. The summed E-state index contributed by atoms with van der Waals surface area (Å²) in [5.41, 5.74) is 0.117. The lowest BCUT2D eigenvalue weighted by Gasteiger charge is -2.35. The summed E-state index contributed by atoms with van der Waals surface area (Å²) in [5, 5.41) is 9.04. The van der Waals surface area contributed by atoms with Gasteiger partial charge in [-0.05, 0) is 42.9 Å². The predicted molar refractivity (Wildman–Crippen MR) is 78.7 cm³/mol. The normalized spacial score (nSPS) is 22.2. The molecule has 4 nitrogen and oxygen atoms in total. The molecule has 1 aliphatic carbocycles. The Labute approximate surface area is 125 Å². The lowest BCUT2D eigenvalue weighted by Crippen LogP contribution is -2.40. The monoisotopic (exact) mass is 315 g/mol. The number of aliphatic hydroxyl groups excluding tert-OH is 1. The summed E-state index contributed by atoms with van der Waals surface area (Å²) in [6.07, 6.45) is 3.69. The van der Waals surface area contributed by atoms with E-state index in [0.717, 1.165) is 31.7 Å². The van der Waals surface area contributed by atoms with E-state index >= 15 is 0 Å². The third-order valence-corrected chi connectivity index (χ3v) is 5.54. The van der Waals surface area contributed by atoms with E-state index in [0.29, 0.717) is 0 Å². The highest BCUT2D eigenvalue weighted by atomic mass is 32.2. The van der Waals surface area contributed by atoms with Crippen molar-refractivity contribution in [3.05, 3.63) is 29.6 Å². The van der Waals surface area contributed by atoms with Gasteiger partial charge in [-0.1, -0.05) is 20.3 Å². The minimum Gasteiger partial charge on any atom is -0.392 e. The van der Waals surface area contributed by atoms with E-state index < -0.39 is 22.4 Å². The smallest absolute Gasteiger partial charge is 0.240 e. The second-order valence-electron chi connectivity index (χ2n) is 6.49. The van der Waals surface area contributed by atoms with E-state index in [9.17, 15) is 12.8 Å². The molecule has 1 aromatic rings. The number of hydrogen-bond acceptors (Lipinski definition) is 3. The van der Waals surface area contributed by atoms with Gasteiger partial charge in [0.05, 0.1) is 11.5 Å². The van der Waals surface area contributed by atoms with Gasteiger partial charge in [0.25, 0.3) is 0 Å². The molecule has 1 atom stereocenters. The largest absolute Gasteiger partial charge is 0.392 e. The Hall–Kier alpha value is -0.980. The van der Waals surface area contributed by atoms with Crippen LogP contribution >= 0.6 is 0 Å². The molecule has 6 heteroatoms. The molecule has 1 unspecified atom stereocenters. The van der Waals surface area contributed by atoms with Gasteiger partial charge < -0.3 is 5.11 Å². The first-order valence-electron chi connectivity index (χ1n) is 7.15. The molecule has 0 radical (unpaired) electrons. The number of benzene rings is 1. The van der Waals surface area contributed by atoms with E-state index in [-0.39, 0.29) is 21.9 Å². The van der Waals surface area contributed by atoms with Crippen molar-refractivity contribution in [2.24, 2.45) is 5.41 Å². The zero-order valence-corrected chi connectivity index (χ0v) is 13.2. The summed E-state index contributed by atoms with van der Waals surface area (Å²) in [4.78, 5) is -0.00340. The molecule has 0 amide bonds. The SMILES string of the molecule is CC1(C)CCCC(NS(=O)(=O)c2ccc(F)c(CO)c2)C1. The molecule has 0 spiro atoms. The number of sulfonamides is 1. The van der Waals surface area contributed by atoms with Gasteiger partial charge in [0.15, 0.2) is 0 Å². The standard InChI is InChI=1S/C15H22FNO3S/c1-15(2)7-3-4-12(9-15)17-21(19,20)13-5-6-14(16)11(8-13)10-18/h5-6,8,12,17-18H,3-4,7,9-10H2,1-2H3. The summed E-state index contributed by atoms with van der Waals surface area (Å²) in [7, 11) is -3.69. The fourth-order valence-corrected chi connectivity index (χ4v) is 4.25. The van der Waals surface area contributed by atoms with Crippen molar-refractivity contribution in [1.82, 2.24) is 4.72 Å². The van der Waals surface area contributed by atoms with Gasteiger partial charge in [-0.2, -0.15) is 0 Å². The highest BCUT2D eigenvalue weighted by Gasteiger charge is 2.31. The number of rotatable bonds is 4. The summed E-state index contributed by atoms with van der Waals surface area (Å²) in [5.74, 6) is -0.602. The number of hydrogen-bond donors (Lipinski definition) is 2. The maximum Gasteiger partial charge on any atom is 0.240 e. The first-order chi connectivity index (χ1) is 9.73. The molecule has 1 aromatic carbocycles. The highest BCUT2D eigenvalue weighted by Crippen LogP contribution is 2.35. The number of aliphatic hydroxyl groups is 1. The Morgan fingerprint density at radius 2 is 2.14 bits per heavy atom. The number of halogens is 1. The van der Waals surface area contributed by atoms with Crippen molar-refractivity contribution in [3.8, 4) is 0 Å². The van der Waals surface area contributed by atoms with Gasteiger partial charge >= 0.3 is 0 Å². The van der Waals surface area contributed by atoms with Crippen LogP contribution in [0.5, 0.6) is 0 Å². The molecule has 0 aromatic heterocycles. The van der Waals surface area contributed by atoms with Crippen molar-refractivity contribution >= 4 is 10.0 Å². The quantitative estimate of drug-likeness (QED) is 0.897. The van der Waals surface area contributed by atoms with E-state index in [1.165, 1.54) is 12.1 Å². The third kappa shape index (κ3) is 4.02. The maximum atomic E-state index is 13.3. The molecule has 2 rings (SSSR count). The molecule has 0 saturated heterocycles. The van der Waals surface area contributed by atoms with Crippen LogP contribution in [0.15, 0.2) is 23.1 Å². The molecule has 21 heavy (non-hydrogen) atoms. The Kier molecular flexibility index (Phi) is 4.70. The Bertz CT molecular complexity index is 613. The van der Waals surface area contributed by atoms with Crippen LogP contribution in [0.1, 0.15) is 45.1 Å². The topological polar surface area (TPSA) is 66.4 Å². The van der Waals surface area contributed by atoms with Gasteiger partial charge in [0, 0.05) is 11.6 Å². The van der Waals surface area contributed by atoms with Gasteiger partial charge in [0.1, 0.15) is 5.82 Å². The first kappa shape index (κ1) is 16.4. The van der Waals surface area contributed by atoms with Crippen molar-refractivity contribution in [2.45, 2.75) is 57.1 Å². The molecule has 118 valence electrons. The number of nitrogens with one attached hydrogen (secondary N) is 1. The second-order valence-corrected chi connectivity index (χ2v) is 8.20. The van der Waals surface area contributed by atoms with Crippen LogP contribution < -0.4 is 4.72 Å². The lowest BCUT2D eigenvalue weighted by atomic mass is 9.75. The van der Waals surface area contributed by atoms with Crippen LogP contribution in [0.4, 0.5) is 4.39 Å². The fraction of sp³-hybridized carbons (Fsp3) is 0.600. The average molecular weight is 315 g/mol. The van der Waals surface area contributed by atoms with Gasteiger partial charge in [-0.3, -0.25) is 0 Å². The molecular formula is C15H22FNO3S. The van der Waals surface area contributed by atoms with Crippen molar-refractivity contribution in [3.63, 3.8) is 0 Å². The Morgan fingerprint density at radius 1 is 1.43 bits per heavy atom. The van der Waals surface area contributed by atoms with Gasteiger partial charge in [-0.15, -0.1) is 0 Å². The van der Waals surface area contributed by atoms with Gasteiger partial charge in [-0.25, -0.2) is 17.5 Å². The summed E-state index contributed by atoms with van der Waals surface area (Å²) in [6.45, 7) is 3.75. The zero-order chi connectivity index (χ0) is 15.7. The third-order valence-electron chi connectivity index (χ3n) is 4.02. The summed E-state index contributed by atoms with van der Waals surface area (Å²) < 4.78 is 40.8. The van der Waals surface area contributed by atoms with Crippen LogP contribution in [-0.4, -0.2) is 19.6 Å². The molecule has 1 aliphatic rings. The first-order valence-corrected chi connectivity index (χ1v) is 8.63. The molecule has 1 saturated carbocycles. The van der Waals surface area contributed by atoms with Crippen molar-refractivity contribution < 1.29 is 17.9 Å². The van der Waals surface area contributed by atoms with Crippen molar-refractivity contribution in [2.75, 3.05) is 0 Å². The molecule has 0 heterocycles. The van der Waals surface area contributed by atoms with Crippen LogP contribution in [0.3, 0.4) is 0 Å². The molecule has 2 N–H and O–H groups in total. The molecular weight excluding hydrogens is 293 g/mol. The van der Waals surface area contributed by atoms with E-state index in [1.54, 1.807) is 0 Å². The maximum absolute atomic E-state index is 13.3. The van der Waals surface area contributed by atoms with Crippen LogP contribution in [0, 0.1) is 11.2 Å². The molecule has 0 bridgehead atoms. The highest BCUT2D eigenvalue weighted by molar-refractivity contribution is 7.89. The minimum absolute atomic E-state index is 0.00340. The van der Waals surface area contributed by atoms with Crippen LogP contribution in [0.25, 0.3) is 0 Å². The fourth-order valence-electron chi connectivity index (χ4n) is 2.93. The zero-order valence-electron chi connectivity index (χ0n) is 12.4. The van der Waals surface area contributed by atoms with Crippen LogP contribution in [-0.2, 0) is 16.6 Å².